The van der Waals surface area contributed by atoms with E-state index in [4.69, 9.17) is 10.5 Å². The Bertz CT molecular complexity index is 356. The first kappa shape index (κ1) is 11.6. The van der Waals surface area contributed by atoms with E-state index in [2.05, 4.69) is 32.0 Å². The van der Waals surface area contributed by atoms with Crippen LogP contribution in [0.1, 0.15) is 35.4 Å². The fraction of sp³-hybridized carbons (Fsp3) is 0.571. The van der Waals surface area contributed by atoms with Gasteiger partial charge in [0.05, 0.1) is 6.10 Å². The molecule has 2 heteroatoms. The average Bonchev–Trinajstić information content (AvgIpc) is 2.78. The smallest absolute Gasteiger partial charge is 0.0656 e. The molecule has 1 aliphatic rings. The Kier molecular flexibility index (Phi) is 3.62. The summed E-state index contributed by atoms with van der Waals surface area (Å²) in [4.78, 5) is 0. The maximum Gasteiger partial charge on any atom is 0.0656 e. The Labute approximate surface area is 97.8 Å². The summed E-state index contributed by atoms with van der Waals surface area (Å²) in [5, 5.41) is 0. The minimum Gasteiger partial charge on any atom is -0.378 e. The van der Waals surface area contributed by atoms with Gasteiger partial charge in [0.15, 0.2) is 0 Å². The summed E-state index contributed by atoms with van der Waals surface area (Å²) in [6.45, 7) is 5.86. The molecular formula is C14H21NO. The molecule has 0 saturated carbocycles. The highest BCUT2D eigenvalue weighted by Crippen LogP contribution is 2.30. The van der Waals surface area contributed by atoms with Crippen molar-refractivity contribution in [1.82, 2.24) is 0 Å². The van der Waals surface area contributed by atoms with Crippen LogP contribution in [0.3, 0.4) is 0 Å². The number of ether oxygens (including phenoxy) is 1. The molecule has 2 nitrogen and oxygen atoms in total. The van der Waals surface area contributed by atoms with Gasteiger partial charge in [0, 0.05) is 19.1 Å². The number of aryl methyl sites for hydroxylation is 2. The molecule has 0 aromatic heterocycles. The Balaban J connectivity index is 2.28. The normalized spacial score (nSPS) is 22.3. The first-order chi connectivity index (χ1) is 7.72. The summed E-state index contributed by atoms with van der Waals surface area (Å²) in [6.07, 6.45) is 2.65. The molecule has 2 rings (SSSR count). The van der Waals surface area contributed by atoms with Crippen LogP contribution in [0.25, 0.3) is 0 Å². The Morgan fingerprint density at radius 3 is 2.88 bits per heavy atom. The molecule has 1 heterocycles. The SMILES string of the molecule is Cc1ccc(C)c(C(CN)C2CCCO2)c1. The van der Waals surface area contributed by atoms with Gasteiger partial charge in [-0.25, -0.2) is 0 Å². The van der Waals surface area contributed by atoms with E-state index in [0.29, 0.717) is 18.6 Å². The largest absolute Gasteiger partial charge is 0.378 e. The van der Waals surface area contributed by atoms with Crippen LogP contribution in [0.15, 0.2) is 18.2 Å². The monoisotopic (exact) mass is 219 g/mol. The van der Waals surface area contributed by atoms with Crippen molar-refractivity contribution in [2.45, 2.75) is 38.7 Å². The topological polar surface area (TPSA) is 35.2 Å². The first-order valence-corrected chi connectivity index (χ1v) is 6.11. The summed E-state index contributed by atoms with van der Waals surface area (Å²) < 4.78 is 5.78. The molecule has 1 aliphatic heterocycles. The van der Waals surface area contributed by atoms with Gasteiger partial charge in [-0.15, -0.1) is 0 Å². The predicted molar refractivity (Wildman–Crippen MR) is 66.7 cm³/mol. The van der Waals surface area contributed by atoms with Gasteiger partial charge in [-0.3, -0.25) is 0 Å². The minimum absolute atomic E-state index is 0.325. The van der Waals surface area contributed by atoms with Crippen LogP contribution in [-0.4, -0.2) is 19.3 Å². The van der Waals surface area contributed by atoms with Crippen molar-refractivity contribution in [1.29, 1.82) is 0 Å². The fourth-order valence-corrected chi connectivity index (χ4v) is 2.56. The molecule has 1 aromatic carbocycles. The van der Waals surface area contributed by atoms with Crippen molar-refractivity contribution >= 4 is 0 Å². The molecule has 0 spiro atoms. The van der Waals surface area contributed by atoms with Crippen LogP contribution in [-0.2, 0) is 4.74 Å². The number of hydrogen-bond donors (Lipinski definition) is 1. The molecule has 1 aromatic rings. The van der Waals surface area contributed by atoms with E-state index in [1.54, 1.807) is 0 Å². The zero-order chi connectivity index (χ0) is 11.5. The molecule has 1 saturated heterocycles. The standard InChI is InChI=1S/C14H21NO/c1-10-5-6-11(2)12(8-10)13(9-15)14-4-3-7-16-14/h5-6,8,13-14H,3-4,7,9,15H2,1-2H3. The van der Waals surface area contributed by atoms with Crippen LogP contribution >= 0.6 is 0 Å². The first-order valence-electron chi connectivity index (χ1n) is 6.11. The van der Waals surface area contributed by atoms with Crippen LogP contribution in [0.5, 0.6) is 0 Å². The second-order valence-electron chi connectivity index (χ2n) is 4.75. The third kappa shape index (κ3) is 2.28. The number of nitrogens with two attached hydrogens (primary N) is 1. The van der Waals surface area contributed by atoms with Crippen molar-refractivity contribution in [2.24, 2.45) is 5.73 Å². The van der Waals surface area contributed by atoms with Gasteiger partial charge in [0.25, 0.3) is 0 Å². The van der Waals surface area contributed by atoms with E-state index in [9.17, 15) is 0 Å². The molecule has 1 fully saturated rings. The van der Waals surface area contributed by atoms with Crippen LogP contribution in [0.2, 0.25) is 0 Å². The van der Waals surface area contributed by atoms with E-state index in [0.717, 1.165) is 13.0 Å². The third-order valence-electron chi connectivity index (χ3n) is 3.50. The van der Waals surface area contributed by atoms with Crippen molar-refractivity contribution in [3.8, 4) is 0 Å². The Morgan fingerprint density at radius 2 is 2.25 bits per heavy atom. The third-order valence-corrected chi connectivity index (χ3v) is 3.50. The van der Waals surface area contributed by atoms with Gasteiger partial charge in [0.2, 0.25) is 0 Å². The highest BCUT2D eigenvalue weighted by Gasteiger charge is 2.27. The summed E-state index contributed by atoms with van der Waals surface area (Å²) in [7, 11) is 0. The van der Waals surface area contributed by atoms with Crippen molar-refractivity contribution < 1.29 is 4.74 Å². The van der Waals surface area contributed by atoms with E-state index >= 15 is 0 Å². The maximum absolute atomic E-state index is 5.92. The lowest BCUT2D eigenvalue weighted by Gasteiger charge is -2.23. The highest BCUT2D eigenvalue weighted by molar-refractivity contribution is 5.34. The van der Waals surface area contributed by atoms with Crippen molar-refractivity contribution in [3.05, 3.63) is 34.9 Å². The summed E-state index contributed by atoms with van der Waals surface area (Å²) in [5.74, 6) is 0.363. The second-order valence-corrected chi connectivity index (χ2v) is 4.75. The molecule has 2 unspecified atom stereocenters. The maximum atomic E-state index is 5.92. The average molecular weight is 219 g/mol. The van der Waals surface area contributed by atoms with Gasteiger partial charge >= 0.3 is 0 Å². The summed E-state index contributed by atoms with van der Waals surface area (Å²) in [5.41, 5.74) is 9.93. The highest BCUT2D eigenvalue weighted by atomic mass is 16.5. The Morgan fingerprint density at radius 1 is 1.44 bits per heavy atom. The van der Waals surface area contributed by atoms with E-state index in [1.165, 1.54) is 23.1 Å². The van der Waals surface area contributed by atoms with E-state index in [-0.39, 0.29) is 0 Å². The van der Waals surface area contributed by atoms with Crippen LogP contribution in [0.4, 0.5) is 0 Å². The van der Waals surface area contributed by atoms with E-state index < -0.39 is 0 Å². The molecule has 16 heavy (non-hydrogen) atoms. The predicted octanol–water partition coefficient (Wildman–Crippen LogP) is 2.52. The zero-order valence-corrected chi connectivity index (χ0v) is 10.2. The van der Waals surface area contributed by atoms with Crippen molar-refractivity contribution in [3.63, 3.8) is 0 Å². The number of hydrogen-bond acceptors (Lipinski definition) is 2. The van der Waals surface area contributed by atoms with Crippen molar-refractivity contribution in [2.75, 3.05) is 13.2 Å². The number of benzene rings is 1. The van der Waals surface area contributed by atoms with Gasteiger partial charge in [-0.1, -0.05) is 23.8 Å². The Hall–Kier alpha value is -0.860. The molecule has 0 amide bonds. The summed E-state index contributed by atoms with van der Waals surface area (Å²) >= 11 is 0. The summed E-state index contributed by atoms with van der Waals surface area (Å²) in [6, 6.07) is 6.60. The molecule has 2 N–H and O–H groups in total. The fourth-order valence-electron chi connectivity index (χ4n) is 2.56. The van der Waals surface area contributed by atoms with Gasteiger partial charge in [0.1, 0.15) is 0 Å². The lowest BCUT2D eigenvalue weighted by molar-refractivity contribution is 0.0903. The zero-order valence-electron chi connectivity index (χ0n) is 10.2. The quantitative estimate of drug-likeness (QED) is 0.848. The molecule has 0 bridgehead atoms. The van der Waals surface area contributed by atoms with Gasteiger partial charge in [-0.2, -0.15) is 0 Å². The van der Waals surface area contributed by atoms with Crippen LogP contribution in [0, 0.1) is 13.8 Å². The molecular weight excluding hydrogens is 198 g/mol. The molecule has 2 atom stereocenters. The lowest BCUT2D eigenvalue weighted by atomic mass is 9.88. The van der Waals surface area contributed by atoms with Gasteiger partial charge < -0.3 is 10.5 Å². The molecule has 0 aliphatic carbocycles. The molecule has 0 radical (unpaired) electrons. The van der Waals surface area contributed by atoms with Crippen LogP contribution < -0.4 is 5.73 Å². The minimum atomic E-state index is 0.325. The van der Waals surface area contributed by atoms with E-state index in [1.807, 2.05) is 0 Å². The lowest BCUT2D eigenvalue weighted by Crippen LogP contribution is -2.26. The second kappa shape index (κ2) is 4.98. The number of rotatable bonds is 3. The molecule has 88 valence electrons. The van der Waals surface area contributed by atoms with Gasteiger partial charge in [-0.05, 0) is 37.8 Å².